The van der Waals surface area contributed by atoms with Crippen molar-refractivity contribution in [3.8, 4) is 5.75 Å². The zero-order valence-corrected chi connectivity index (χ0v) is 13.5. The molecule has 0 aliphatic rings. The first-order valence-corrected chi connectivity index (χ1v) is 7.71. The third kappa shape index (κ3) is 4.39. The third-order valence-corrected chi connectivity index (χ3v) is 3.16. The summed E-state index contributed by atoms with van der Waals surface area (Å²) < 4.78 is 10.8. The lowest BCUT2D eigenvalue weighted by Crippen LogP contribution is -2.10. The first kappa shape index (κ1) is 16.7. The van der Waals surface area contributed by atoms with Crippen LogP contribution in [0.2, 0.25) is 0 Å². The molecule has 0 amide bonds. The number of nitrogens with two attached hydrogens (primary N) is 1. The van der Waals surface area contributed by atoms with Crippen LogP contribution < -0.4 is 15.8 Å². The van der Waals surface area contributed by atoms with E-state index in [0.717, 1.165) is 17.9 Å². The second kappa shape index (κ2) is 8.08. The van der Waals surface area contributed by atoms with Gasteiger partial charge in [0, 0.05) is 5.69 Å². The maximum absolute atomic E-state index is 12.2. The lowest BCUT2D eigenvalue weighted by atomic mass is 10.1. The van der Waals surface area contributed by atoms with Crippen molar-refractivity contribution in [2.24, 2.45) is 0 Å². The molecule has 23 heavy (non-hydrogen) atoms. The molecule has 0 spiro atoms. The van der Waals surface area contributed by atoms with Crippen molar-refractivity contribution in [2.75, 3.05) is 24.3 Å². The molecule has 3 N–H and O–H groups in total. The molecule has 2 aromatic rings. The van der Waals surface area contributed by atoms with Gasteiger partial charge in [-0.3, -0.25) is 0 Å². The Kier molecular flexibility index (Phi) is 5.86. The zero-order valence-electron chi connectivity index (χ0n) is 13.5. The van der Waals surface area contributed by atoms with Crippen LogP contribution in [0.5, 0.6) is 5.75 Å². The molecule has 0 bridgehead atoms. The zero-order chi connectivity index (χ0) is 16.7. The highest BCUT2D eigenvalue weighted by molar-refractivity contribution is 5.97. The summed E-state index contributed by atoms with van der Waals surface area (Å²) in [6.45, 7) is 4.81. The predicted molar refractivity (Wildman–Crippen MR) is 92.3 cm³/mol. The Hall–Kier alpha value is -2.69. The molecule has 0 fully saturated rings. The van der Waals surface area contributed by atoms with Crippen LogP contribution in [0.15, 0.2) is 42.5 Å². The summed E-state index contributed by atoms with van der Waals surface area (Å²) in [6.07, 6.45) is 0.768. The van der Waals surface area contributed by atoms with Gasteiger partial charge in [0.15, 0.2) is 0 Å². The number of para-hydroxylation sites is 2. The van der Waals surface area contributed by atoms with E-state index in [1.807, 2.05) is 38.1 Å². The minimum absolute atomic E-state index is 0.378. The predicted octanol–water partition coefficient (Wildman–Crippen LogP) is 3.98. The second-order valence-corrected chi connectivity index (χ2v) is 5.00. The van der Waals surface area contributed by atoms with Crippen LogP contribution >= 0.6 is 0 Å². The van der Waals surface area contributed by atoms with Gasteiger partial charge in [0.2, 0.25) is 0 Å². The summed E-state index contributed by atoms with van der Waals surface area (Å²) >= 11 is 0. The average Bonchev–Trinajstić information content (AvgIpc) is 2.56. The number of carbonyl (C=O) groups excluding carboxylic acids is 1. The molecule has 0 unspecified atom stereocenters. The van der Waals surface area contributed by atoms with Crippen molar-refractivity contribution < 1.29 is 14.3 Å². The maximum atomic E-state index is 12.2. The van der Waals surface area contributed by atoms with E-state index >= 15 is 0 Å². The van der Waals surface area contributed by atoms with E-state index < -0.39 is 5.97 Å². The number of nitrogens with one attached hydrogen (secondary N) is 1. The molecule has 2 aromatic carbocycles. The molecule has 0 heterocycles. The van der Waals surface area contributed by atoms with Gasteiger partial charge in [0.25, 0.3) is 0 Å². The summed E-state index contributed by atoms with van der Waals surface area (Å²) in [5, 5.41) is 3.23. The summed E-state index contributed by atoms with van der Waals surface area (Å²) in [5.74, 6) is 0.329. The SMILES string of the molecule is CCCOC(=O)c1cc(N)ccc1Nc1ccccc1OCC. The number of nitrogen functional groups attached to an aromatic ring is 1. The van der Waals surface area contributed by atoms with Crippen molar-refractivity contribution in [1.82, 2.24) is 0 Å². The smallest absolute Gasteiger partial charge is 0.340 e. The van der Waals surface area contributed by atoms with Crippen LogP contribution in [-0.4, -0.2) is 19.2 Å². The highest BCUT2D eigenvalue weighted by Gasteiger charge is 2.14. The fraction of sp³-hybridized carbons (Fsp3) is 0.278. The molecule has 5 nitrogen and oxygen atoms in total. The summed E-state index contributed by atoms with van der Waals surface area (Å²) in [4.78, 5) is 12.2. The highest BCUT2D eigenvalue weighted by atomic mass is 16.5. The summed E-state index contributed by atoms with van der Waals surface area (Å²) in [5.41, 5.74) is 8.14. The maximum Gasteiger partial charge on any atom is 0.340 e. The van der Waals surface area contributed by atoms with Crippen molar-refractivity contribution in [1.29, 1.82) is 0 Å². The number of hydrogen-bond donors (Lipinski definition) is 2. The first-order chi connectivity index (χ1) is 11.2. The van der Waals surface area contributed by atoms with Gasteiger partial charge in [-0.25, -0.2) is 4.79 Å². The van der Waals surface area contributed by atoms with Crippen LogP contribution in [0.3, 0.4) is 0 Å². The van der Waals surface area contributed by atoms with E-state index in [2.05, 4.69) is 5.32 Å². The number of carbonyl (C=O) groups is 1. The third-order valence-electron chi connectivity index (χ3n) is 3.16. The number of esters is 1. The highest BCUT2D eigenvalue weighted by Crippen LogP contribution is 2.30. The summed E-state index contributed by atoms with van der Waals surface area (Å²) in [6, 6.07) is 12.7. The number of rotatable bonds is 7. The van der Waals surface area contributed by atoms with Crippen LogP contribution in [0.4, 0.5) is 17.1 Å². The van der Waals surface area contributed by atoms with Gasteiger partial charge in [0.05, 0.1) is 30.2 Å². The van der Waals surface area contributed by atoms with E-state index in [1.54, 1.807) is 18.2 Å². The molecule has 0 radical (unpaired) electrons. The minimum Gasteiger partial charge on any atom is -0.492 e. The minimum atomic E-state index is -0.393. The van der Waals surface area contributed by atoms with Crippen molar-refractivity contribution in [3.63, 3.8) is 0 Å². The largest absolute Gasteiger partial charge is 0.492 e. The van der Waals surface area contributed by atoms with Gasteiger partial charge in [-0.15, -0.1) is 0 Å². The number of hydrogen-bond acceptors (Lipinski definition) is 5. The first-order valence-electron chi connectivity index (χ1n) is 7.71. The van der Waals surface area contributed by atoms with E-state index in [1.165, 1.54) is 0 Å². The number of benzene rings is 2. The van der Waals surface area contributed by atoms with Crippen LogP contribution in [0.25, 0.3) is 0 Å². The topological polar surface area (TPSA) is 73.6 Å². The lowest BCUT2D eigenvalue weighted by Gasteiger charge is -2.15. The lowest BCUT2D eigenvalue weighted by molar-refractivity contribution is 0.0506. The second-order valence-electron chi connectivity index (χ2n) is 5.00. The molecule has 2 rings (SSSR count). The number of ether oxygens (including phenoxy) is 2. The Bertz CT molecular complexity index is 671. The molecular weight excluding hydrogens is 292 g/mol. The van der Waals surface area contributed by atoms with Gasteiger partial charge >= 0.3 is 5.97 Å². The van der Waals surface area contributed by atoms with Crippen molar-refractivity contribution in [3.05, 3.63) is 48.0 Å². The monoisotopic (exact) mass is 314 g/mol. The van der Waals surface area contributed by atoms with Crippen LogP contribution in [-0.2, 0) is 4.74 Å². The van der Waals surface area contributed by atoms with E-state index in [-0.39, 0.29) is 0 Å². The molecule has 0 aromatic heterocycles. The van der Waals surface area contributed by atoms with E-state index in [4.69, 9.17) is 15.2 Å². The summed E-state index contributed by atoms with van der Waals surface area (Å²) in [7, 11) is 0. The number of anilines is 3. The normalized spacial score (nSPS) is 10.2. The Morgan fingerprint density at radius 3 is 2.65 bits per heavy atom. The van der Waals surface area contributed by atoms with Crippen molar-refractivity contribution in [2.45, 2.75) is 20.3 Å². The molecule has 0 atom stereocenters. The molecule has 0 saturated carbocycles. The Balaban J connectivity index is 2.31. The Labute approximate surface area is 136 Å². The molecule has 122 valence electrons. The molecular formula is C18H22N2O3. The molecule has 0 aliphatic heterocycles. The van der Waals surface area contributed by atoms with Crippen molar-refractivity contribution >= 4 is 23.0 Å². The van der Waals surface area contributed by atoms with Gasteiger partial charge in [0.1, 0.15) is 5.75 Å². The van der Waals surface area contributed by atoms with E-state index in [0.29, 0.717) is 30.2 Å². The van der Waals surface area contributed by atoms with Crippen LogP contribution in [0, 0.1) is 0 Å². The standard InChI is InChI=1S/C18H22N2O3/c1-3-11-23-18(21)14-12-13(19)9-10-15(14)20-16-7-5-6-8-17(16)22-4-2/h5-10,12,20H,3-4,11,19H2,1-2H3. The van der Waals surface area contributed by atoms with Crippen LogP contribution in [0.1, 0.15) is 30.6 Å². The fourth-order valence-electron chi connectivity index (χ4n) is 2.11. The average molecular weight is 314 g/mol. The molecule has 0 aliphatic carbocycles. The van der Waals surface area contributed by atoms with Gasteiger partial charge < -0.3 is 20.5 Å². The van der Waals surface area contributed by atoms with E-state index in [9.17, 15) is 4.79 Å². The Morgan fingerprint density at radius 1 is 1.13 bits per heavy atom. The van der Waals surface area contributed by atoms with Gasteiger partial charge in [-0.1, -0.05) is 19.1 Å². The molecule has 5 heteroatoms. The van der Waals surface area contributed by atoms with Gasteiger partial charge in [-0.2, -0.15) is 0 Å². The quantitative estimate of drug-likeness (QED) is 0.597. The molecule has 0 saturated heterocycles. The Morgan fingerprint density at radius 2 is 1.91 bits per heavy atom. The van der Waals surface area contributed by atoms with Gasteiger partial charge in [-0.05, 0) is 43.7 Å². The fourth-order valence-corrected chi connectivity index (χ4v) is 2.11.